The van der Waals surface area contributed by atoms with E-state index in [4.69, 9.17) is 0 Å². The van der Waals surface area contributed by atoms with Crippen LogP contribution in [0.4, 0.5) is 0 Å². The molecule has 0 spiro atoms. The summed E-state index contributed by atoms with van der Waals surface area (Å²) in [5.74, 6) is 0. The van der Waals surface area contributed by atoms with Crippen LogP contribution in [0.15, 0.2) is 0 Å². The molecule has 0 unspecified atom stereocenters. The molecule has 0 saturated carbocycles. The molecule has 0 aliphatic rings. The third-order valence-corrected chi connectivity index (χ3v) is 1.45. The molecular weight excluding hydrogens is 125 g/mol. The highest BCUT2D eigenvalue weighted by Crippen LogP contribution is 1.86. The molecule has 1 nitrogen and oxygen atoms in total. The van der Waals surface area contributed by atoms with E-state index in [1.54, 1.807) is 0 Å². The van der Waals surface area contributed by atoms with E-state index in [0.29, 0.717) is 0 Å². The number of unbranched alkanes of at least 4 members (excludes halogenated alkanes) is 1. The van der Waals surface area contributed by atoms with Crippen molar-refractivity contribution in [3.63, 3.8) is 0 Å². The van der Waals surface area contributed by atoms with Gasteiger partial charge in [0, 0.05) is 6.54 Å². The molecule has 42 valence electrons. The molecule has 0 aliphatic carbocycles. The van der Waals surface area contributed by atoms with Crippen molar-refractivity contribution in [2.45, 2.75) is 19.8 Å². The van der Waals surface area contributed by atoms with E-state index >= 15 is 0 Å². The Morgan fingerprint density at radius 1 is 1.71 bits per heavy atom. The highest BCUT2D eigenvalue weighted by molar-refractivity contribution is 7.95. The van der Waals surface area contributed by atoms with Crippen LogP contribution < -0.4 is 5.09 Å². The minimum atomic E-state index is 0.888. The summed E-state index contributed by atoms with van der Waals surface area (Å²) in [5, 5.41) is 3.04. The van der Waals surface area contributed by atoms with Gasteiger partial charge in [0.2, 0.25) is 0 Å². The van der Waals surface area contributed by atoms with Crippen LogP contribution in [-0.4, -0.2) is 6.54 Å². The van der Waals surface area contributed by atoms with E-state index in [2.05, 4.69) is 23.8 Å². The quantitative estimate of drug-likeness (QED) is 0.465. The van der Waals surface area contributed by atoms with Crippen LogP contribution in [0.25, 0.3) is 0 Å². The zero-order valence-corrected chi connectivity index (χ0v) is 6.19. The smallest absolute Gasteiger partial charge is 0.0585 e. The summed E-state index contributed by atoms with van der Waals surface area (Å²) in [5.41, 5.74) is 0. The lowest BCUT2D eigenvalue weighted by Crippen LogP contribution is -1.98. The van der Waals surface area contributed by atoms with Crippen molar-refractivity contribution in [1.29, 1.82) is 0 Å². The number of nitrogens with one attached hydrogen (secondary N) is 1. The first kappa shape index (κ1) is 7.48. The summed E-state index contributed by atoms with van der Waals surface area (Å²) in [6, 6.07) is 0. The van der Waals surface area contributed by atoms with Gasteiger partial charge in [0.05, 0.1) is 7.51 Å². The van der Waals surface area contributed by atoms with Gasteiger partial charge in [-0.25, -0.2) is 0 Å². The summed E-state index contributed by atoms with van der Waals surface area (Å²) in [7, 11) is 0.888. The summed E-state index contributed by atoms with van der Waals surface area (Å²) in [6.45, 7) is 3.24. The van der Waals surface area contributed by atoms with Gasteiger partial charge in [-0.3, -0.25) is 5.09 Å². The normalized spacial score (nSPS) is 9.86. The van der Waals surface area contributed by atoms with E-state index in [0.717, 1.165) is 14.1 Å². The predicted molar refractivity (Wildman–Crippen MR) is 37.2 cm³/mol. The molecule has 0 aromatic rings. The van der Waals surface area contributed by atoms with Crippen molar-refractivity contribution < 1.29 is 0 Å². The van der Waals surface area contributed by atoms with Crippen molar-refractivity contribution in [2.24, 2.45) is 0 Å². The monoisotopic (exact) mass is 135 g/mol. The molecule has 0 radical (unpaired) electrons. The van der Waals surface area contributed by atoms with Gasteiger partial charge in [-0.1, -0.05) is 13.3 Å². The molecule has 3 heteroatoms. The maximum atomic E-state index is 4.63. The fraction of sp³-hybridized carbons (Fsp3) is 1.00. The van der Waals surface area contributed by atoms with Gasteiger partial charge in [0.15, 0.2) is 0 Å². The maximum absolute atomic E-state index is 4.63. The second kappa shape index (κ2) is 6.48. The topological polar surface area (TPSA) is 12.0 Å². The van der Waals surface area contributed by atoms with Crippen molar-refractivity contribution in [3.8, 4) is 0 Å². The summed E-state index contributed by atoms with van der Waals surface area (Å²) >= 11 is 4.63. The van der Waals surface area contributed by atoms with Gasteiger partial charge in [-0.05, 0) is 18.2 Å². The molecular formula is C4H10NPS. The number of hydrogen-bond acceptors (Lipinski definition) is 1. The van der Waals surface area contributed by atoms with E-state index in [1.165, 1.54) is 12.8 Å². The van der Waals surface area contributed by atoms with Gasteiger partial charge in [0.1, 0.15) is 0 Å². The summed E-state index contributed by atoms with van der Waals surface area (Å²) in [6.07, 6.45) is 2.49. The molecule has 0 bridgehead atoms. The molecule has 0 aromatic heterocycles. The zero-order chi connectivity index (χ0) is 5.54. The first-order valence-electron chi connectivity index (χ1n) is 2.47. The Morgan fingerprint density at radius 3 is 2.86 bits per heavy atom. The fourth-order valence-corrected chi connectivity index (χ4v) is 0.825. The van der Waals surface area contributed by atoms with Crippen molar-refractivity contribution in [2.75, 3.05) is 6.54 Å². The van der Waals surface area contributed by atoms with E-state index in [1.807, 2.05) is 0 Å². The molecule has 1 N–H and O–H groups in total. The van der Waals surface area contributed by atoms with Gasteiger partial charge in [-0.15, -0.1) is 0 Å². The second-order valence-corrected chi connectivity index (χ2v) is 2.40. The summed E-state index contributed by atoms with van der Waals surface area (Å²) in [4.78, 5) is 0. The lowest BCUT2D eigenvalue weighted by Gasteiger charge is -1.89. The Hall–Kier alpha value is 0.480. The van der Waals surface area contributed by atoms with Crippen LogP contribution in [0, 0.1) is 0 Å². The van der Waals surface area contributed by atoms with Gasteiger partial charge < -0.3 is 0 Å². The summed E-state index contributed by atoms with van der Waals surface area (Å²) < 4.78 is 0. The molecule has 0 rings (SSSR count). The molecule has 0 amide bonds. The van der Waals surface area contributed by atoms with Gasteiger partial charge >= 0.3 is 0 Å². The van der Waals surface area contributed by atoms with Crippen LogP contribution in [0.1, 0.15) is 19.8 Å². The number of hydrogen-bond donors (Lipinski definition) is 1. The van der Waals surface area contributed by atoms with Crippen LogP contribution in [-0.2, 0) is 11.8 Å². The lowest BCUT2D eigenvalue weighted by molar-refractivity contribution is 0.776. The van der Waals surface area contributed by atoms with Crippen molar-refractivity contribution in [3.05, 3.63) is 0 Å². The van der Waals surface area contributed by atoms with Crippen LogP contribution in [0.5, 0.6) is 0 Å². The SMILES string of the molecule is CCCCNP=S. The number of rotatable bonds is 4. The zero-order valence-electron chi connectivity index (χ0n) is 4.48. The third kappa shape index (κ3) is 6.48. The Bertz CT molecular complexity index is 49.0. The van der Waals surface area contributed by atoms with E-state index in [9.17, 15) is 0 Å². The van der Waals surface area contributed by atoms with Crippen LogP contribution in [0.3, 0.4) is 0 Å². The standard InChI is InChI=1S/C4H10NPS/c1-2-3-4-5-6-7/h2-4H2,1H3,(H,5,7). The molecule has 0 heterocycles. The molecule has 7 heavy (non-hydrogen) atoms. The Kier molecular flexibility index (Phi) is 6.92. The van der Waals surface area contributed by atoms with Crippen molar-refractivity contribution >= 4 is 19.3 Å². The van der Waals surface area contributed by atoms with Crippen LogP contribution >= 0.6 is 7.51 Å². The molecule has 0 saturated heterocycles. The Labute approximate surface area is 51.4 Å². The molecule has 0 aromatic carbocycles. The average Bonchev–Trinajstić information content (AvgIpc) is 1.69. The Morgan fingerprint density at radius 2 is 2.43 bits per heavy atom. The lowest BCUT2D eigenvalue weighted by atomic mass is 10.3. The fourth-order valence-electron chi connectivity index (χ4n) is 0.301. The second-order valence-electron chi connectivity index (χ2n) is 1.35. The highest BCUT2D eigenvalue weighted by atomic mass is 32.4. The largest absolute Gasteiger partial charge is 0.262 e. The van der Waals surface area contributed by atoms with Gasteiger partial charge in [0.25, 0.3) is 0 Å². The third-order valence-electron chi connectivity index (χ3n) is 0.707. The first-order valence-corrected chi connectivity index (χ1v) is 4.37. The van der Waals surface area contributed by atoms with Gasteiger partial charge in [-0.2, -0.15) is 0 Å². The molecule has 0 atom stereocenters. The van der Waals surface area contributed by atoms with E-state index in [-0.39, 0.29) is 0 Å². The first-order chi connectivity index (χ1) is 3.41. The predicted octanol–water partition coefficient (Wildman–Crippen LogP) is 1.70. The van der Waals surface area contributed by atoms with E-state index < -0.39 is 0 Å². The minimum Gasteiger partial charge on any atom is -0.262 e. The van der Waals surface area contributed by atoms with Crippen LogP contribution in [0.2, 0.25) is 0 Å². The maximum Gasteiger partial charge on any atom is 0.0585 e. The Balaban J connectivity index is 2.56. The molecule has 0 aliphatic heterocycles. The highest BCUT2D eigenvalue weighted by Gasteiger charge is 1.76. The minimum absolute atomic E-state index is 0.888. The average molecular weight is 135 g/mol. The van der Waals surface area contributed by atoms with Crippen molar-refractivity contribution in [1.82, 2.24) is 5.09 Å². The molecule has 0 fully saturated rings.